The summed E-state index contributed by atoms with van der Waals surface area (Å²) >= 11 is 0. The molecule has 0 unspecified atom stereocenters. The van der Waals surface area contributed by atoms with Gasteiger partial charge in [-0.3, -0.25) is 0 Å². The maximum atomic E-state index is 9.87. The van der Waals surface area contributed by atoms with E-state index < -0.39 is 0 Å². The number of benzene rings is 2. The van der Waals surface area contributed by atoms with Crippen molar-refractivity contribution in [3.8, 4) is 11.5 Å². The number of fused-ring (bicyclic) bond motifs is 5. The molecule has 3 aliphatic rings. The zero-order chi connectivity index (χ0) is 20.7. The van der Waals surface area contributed by atoms with E-state index in [0.717, 1.165) is 30.1 Å². The maximum Gasteiger partial charge on any atom is 0.142 e. The van der Waals surface area contributed by atoms with Crippen LogP contribution in [0.15, 0.2) is 47.6 Å². The first-order valence-electron chi connectivity index (χ1n) is 11.2. The Morgan fingerprint density at radius 2 is 1.90 bits per heavy atom. The van der Waals surface area contributed by atoms with Crippen LogP contribution in [0.4, 0.5) is 0 Å². The number of nitrogens with zero attached hydrogens (tertiary/aromatic N) is 1. The first-order valence-corrected chi connectivity index (χ1v) is 11.2. The van der Waals surface area contributed by atoms with Gasteiger partial charge >= 0.3 is 0 Å². The number of phenols is 1. The van der Waals surface area contributed by atoms with Gasteiger partial charge in [0.2, 0.25) is 0 Å². The van der Waals surface area contributed by atoms with Gasteiger partial charge in [0.25, 0.3) is 0 Å². The maximum absolute atomic E-state index is 9.87. The van der Waals surface area contributed by atoms with Gasteiger partial charge in [0.15, 0.2) is 0 Å². The molecule has 4 nitrogen and oxygen atoms in total. The summed E-state index contributed by atoms with van der Waals surface area (Å²) < 4.78 is 5.22. The Morgan fingerprint density at radius 3 is 2.70 bits per heavy atom. The molecular weight excluding hydrogens is 374 g/mol. The third kappa shape index (κ3) is 3.27. The Labute approximate surface area is 178 Å². The van der Waals surface area contributed by atoms with E-state index in [0.29, 0.717) is 24.2 Å². The predicted molar refractivity (Wildman–Crippen MR) is 118 cm³/mol. The van der Waals surface area contributed by atoms with Crippen molar-refractivity contribution >= 4 is 5.71 Å². The van der Waals surface area contributed by atoms with Crippen LogP contribution in [0.3, 0.4) is 0 Å². The molecule has 0 radical (unpaired) electrons. The van der Waals surface area contributed by atoms with Crippen LogP contribution in [-0.4, -0.2) is 17.9 Å². The summed E-state index contributed by atoms with van der Waals surface area (Å²) in [7, 11) is 1.68. The van der Waals surface area contributed by atoms with Crippen LogP contribution in [0.1, 0.15) is 61.6 Å². The van der Waals surface area contributed by atoms with Crippen molar-refractivity contribution in [1.82, 2.24) is 0 Å². The highest BCUT2D eigenvalue weighted by Crippen LogP contribution is 2.60. The largest absolute Gasteiger partial charge is 0.508 e. The highest BCUT2D eigenvalue weighted by atomic mass is 16.6. The Hall–Kier alpha value is -2.49. The van der Waals surface area contributed by atoms with E-state index in [9.17, 15) is 5.11 Å². The Bertz CT molecular complexity index is 951. The number of ether oxygens (including phenoxy) is 1. The molecule has 2 fully saturated rings. The van der Waals surface area contributed by atoms with Gasteiger partial charge in [-0.2, -0.15) is 0 Å². The fourth-order valence-corrected chi connectivity index (χ4v) is 6.41. The van der Waals surface area contributed by atoms with E-state index >= 15 is 0 Å². The van der Waals surface area contributed by atoms with E-state index in [4.69, 9.17) is 9.57 Å². The first-order chi connectivity index (χ1) is 14.6. The number of methoxy groups -OCH3 is 1. The van der Waals surface area contributed by atoms with Gasteiger partial charge in [0.1, 0.15) is 18.1 Å². The van der Waals surface area contributed by atoms with Crippen molar-refractivity contribution in [2.75, 3.05) is 7.11 Å². The molecular formula is C26H31NO3. The molecule has 3 aliphatic carbocycles. The van der Waals surface area contributed by atoms with Crippen LogP contribution in [0, 0.1) is 17.3 Å². The summed E-state index contributed by atoms with van der Waals surface area (Å²) in [5, 5.41) is 14.5. The van der Waals surface area contributed by atoms with Crippen molar-refractivity contribution in [3.63, 3.8) is 0 Å². The topological polar surface area (TPSA) is 51.0 Å². The summed E-state index contributed by atoms with van der Waals surface area (Å²) in [6.07, 6.45) is 6.95. The summed E-state index contributed by atoms with van der Waals surface area (Å²) in [5.41, 5.74) is 5.36. The lowest BCUT2D eigenvalue weighted by Gasteiger charge is -2.49. The third-order valence-corrected chi connectivity index (χ3v) is 8.02. The molecule has 0 aromatic heterocycles. The minimum Gasteiger partial charge on any atom is -0.508 e. The summed E-state index contributed by atoms with van der Waals surface area (Å²) in [5.74, 6) is 3.29. The quantitative estimate of drug-likeness (QED) is 0.651. The average molecular weight is 406 g/mol. The van der Waals surface area contributed by atoms with Crippen LogP contribution in [0.5, 0.6) is 11.5 Å². The first kappa shape index (κ1) is 19.5. The number of phenolic OH excluding ortho intramolecular Hbond substituents is 1. The van der Waals surface area contributed by atoms with E-state index in [1.807, 2.05) is 36.4 Å². The fraction of sp³-hybridized carbons (Fsp3) is 0.500. The molecule has 30 heavy (non-hydrogen) atoms. The van der Waals surface area contributed by atoms with Gasteiger partial charge in [0, 0.05) is 5.41 Å². The average Bonchev–Trinajstić information content (AvgIpc) is 3.10. The second-order valence-electron chi connectivity index (χ2n) is 9.45. The highest BCUT2D eigenvalue weighted by Gasteiger charge is 2.53. The van der Waals surface area contributed by atoms with Gasteiger partial charge in [-0.25, -0.2) is 0 Å². The Kier molecular flexibility index (Phi) is 4.96. The monoisotopic (exact) mass is 405 g/mol. The lowest BCUT2D eigenvalue weighted by atomic mass is 9.55. The second-order valence-corrected chi connectivity index (χ2v) is 9.45. The van der Waals surface area contributed by atoms with E-state index in [1.54, 1.807) is 7.11 Å². The van der Waals surface area contributed by atoms with E-state index in [-0.39, 0.29) is 5.41 Å². The zero-order valence-electron chi connectivity index (χ0n) is 17.9. The lowest BCUT2D eigenvalue weighted by Crippen LogP contribution is -2.42. The Morgan fingerprint density at radius 1 is 1.07 bits per heavy atom. The number of oxime groups is 1. The molecule has 4 heteroatoms. The van der Waals surface area contributed by atoms with Crippen LogP contribution in [0.25, 0.3) is 0 Å². The minimum absolute atomic E-state index is 0.162. The van der Waals surface area contributed by atoms with Crippen molar-refractivity contribution in [3.05, 3.63) is 59.2 Å². The summed E-state index contributed by atoms with van der Waals surface area (Å²) in [6, 6.07) is 14.0. The van der Waals surface area contributed by atoms with Gasteiger partial charge < -0.3 is 14.7 Å². The van der Waals surface area contributed by atoms with Crippen LogP contribution in [-0.2, 0) is 17.9 Å². The molecule has 1 N–H and O–H groups in total. The van der Waals surface area contributed by atoms with Crippen LogP contribution in [0.2, 0.25) is 0 Å². The smallest absolute Gasteiger partial charge is 0.142 e. The number of aryl methyl sites for hydroxylation is 1. The molecule has 0 bridgehead atoms. The number of hydrogen-bond donors (Lipinski definition) is 1. The van der Waals surface area contributed by atoms with Gasteiger partial charge in [0.05, 0.1) is 12.8 Å². The normalized spacial score (nSPS) is 31.0. The molecule has 0 amide bonds. The zero-order valence-corrected chi connectivity index (χ0v) is 17.9. The summed E-state index contributed by atoms with van der Waals surface area (Å²) in [6.45, 7) is 2.92. The number of aromatic hydroxyl groups is 1. The predicted octanol–water partition coefficient (Wildman–Crippen LogP) is 5.83. The van der Waals surface area contributed by atoms with Crippen LogP contribution >= 0.6 is 0 Å². The molecule has 2 aromatic rings. The Balaban J connectivity index is 1.30. The summed E-state index contributed by atoms with van der Waals surface area (Å²) in [4.78, 5) is 5.82. The molecule has 0 saturated heterocycles. The molecule has 158 valence electrons. The number of rotatable bonds is 4. The lowest BCUT2D eigenvalue weighted by molar-refractivity contribution is 0.0869. The second kappa shape index (κ2) is 7.64. The van der Waals surface area contributed by atoms with Crippen LogP contribution < -0.4 is 4.74 Å². The SMILES string of the molecule is COc1ccc(CO/N=C2/CC[C@H]3[C@@H]4CCc5cc(O)ccc5[C@H]4CC[C@]23C)cc1. The van der Waals surface area contributed by atoms with Crippen molar-refractivity contribution in [2.45, 2.75) is 58.0 Å². The molecule has 4 atom stereocenters. The van der Waals surface area contributed by atoms with E-state index in [1.165, 1.54) is 42.5 Å². The van der Waals surface area contributed by atoms with Crippen molar-refractivity contribution in [2.24, 2.45) is 22.4 Å². The van der Waals surface area contributed by atoms with Gasteiger partial charge in [-0.1, -0.05) is 30.3 Å². The molecule has 0 heterocycles. The number of hydrogen-bond acceptors (Lipinski definition) is 4. The highest BCUT2D eigenvalue weighted by molar-refractivity contribution is 5.92. The molecule has 2 saturated carbocycles. The van der Waals surface area contributed by atoms with Crippen molar-refractivity contribution in [1.29, 1.82) is 0 Å². The van der Waals surface area contributed by atoms with E-state index in [2.05, 4.69) is 18.1 Å². The molecule has 0 aliphatic heterocycles. The third-order valence-electron chi connectivity index (χ3n) is 8.02. The standard InChI is InChI=1S/C26H31NO3/c1-26-14-13-22-21-10-6-19(28)15-18(21)5-9-23(22)24(26)11-12-25(26)27-30-16-17-3-7-20(29-2)8-4-17/h3-4,6-8,10,15,22-24,28H,5,9,11-14,16H2,1-2H3/b27-25-/t22-,23-,24+,26+/m1/s1. The molecule has 5 rings (SSSR count). The molecule has 2 aromatic carbocycles. The van der Waals surface area contributed by atoms with Gasteiger partial charge in [-0.15, -0.1) is 0 Å². The minimum atomic E-state index is 0.162. The fourth-order valence-electron chi connectivity index (χ4n) is 6.41. The van der Waals surface area contributed by atoms with Gasteiger partial charge in [-0.05, 0) is 97.2 Å². The molecule has 0 spiro atoms. The van der Waals surface area contributed by atoms with Crippen molar-refractivity contribution < 1.29 is 14.7 Å².